The van der Waals surface area contributed by atoms with Gasteiger partial charge >= 0.3 is 6.61 Å². The number of halogens is 4. The lowest BCUT2D eigenvalue weighted by molar-refractivity contribution is -0.0499. The molecule has 1 unspecified atom stereocenters. The van der Waals surface area contributed by atoms with Crippen LogP contribution in [-0.2, 0) is 0 Å². The van der Waals surface area contributed by atoms with Crippen LogP contribution >= 0.6 is 27.5 Å². The number of ether oxygens (including phenoxy) is 1. The van der Waals surface area contributed by atoms with Gasteiger partial charge in [-0.25, -0.2) is 0 Å². The number of ketones is 1. The minimum Gasteiger partial charge on any atom is -0.435 e. The summed E-state index contributed by atoms with van der Waals surface area (Å²) in [7, 11) is 0. The van der Waals surface area contributed by atoms with Crippen molar-refractivity contribution in [3.8, 4) is 5.75 Å². The molecule has 0 saturated carbocycles. The van der Waals surface area contributed by atoms with E-state index < -0.39 is 12.0 Å². The summed E-state index contributed by atoms with van der Waals surface area (Å²) in [5.74, 6) is -0.424. The molecule has 1 atom stereocenters. The Hall–Kier alpha value is -0.680. The van der Waals surface area contributed by atoms with E-state index >= 15 is 0 Å². The Bertz CT molecular complexity index is 396. The van der Waals surface area contributed by atoms with Crippen molar-refractivity contribution >= 4 is 33.3 Å². The average molecular weight is 314 g/mol. The number of Topliss-reactive ketones (excluding diaryl/α,β-unsaturated/α-hetero) is 1. The van der Waals surface area contributed by atoms with Crippen LogP contribution in [0.2, 0.25) is 0 Å². The summed E-state index contributed by atoms with van der Waals surface area (Å²) < 4.78 is 28.7. The first kappa shape index (κ1) is 13.4. The second-order valence-electron chi connectivity index (χ2n) is 3.03. The summed E-state index contributed by atoms with van der Waals surface area (Å²) in [5, 5.41) is -0.714. The Morgan fingerprint density at radius 1 is 1.44 bits per heavy atom. The molecule has 0 heterocycles. The predicted octanol–water partition coefficient (Wildman–Crippen LogP) is 3.86. The van der Waals surface area contributed by atoms with Crippen molar-refractivity contribution < 1.29 is 18.3 Å². The van der Waals surface area contributed by atoms with Crippen LogP contribution in [-0.4, -0.2) is 17.8 Å². The van der Waals surface area contributed by atoms with E-state index in [2.05, 4.69) is 20.7 Å². The van der Waals surface area contributed by atoms with Crippen molar-refractivity contribution in [2.45, 2.75) is 18.9 Å². The Morgan fingerprint density at radius 2 is 2.06 bits per heavy atom. The molecule has 1 rings (SSSR count). The Balaban J connectivity index is 3.03. The second-order valence-corrected chi connectivity index (χ2v) is 4.60. The van der Waals surface area contributed by atoms with Crippen molar-refractivity contribution in [2.24, 2.45) is 0 Å². The number of benzene rings is 1. The second kappa shape index (κ2) is 5.59. The Morgan fingerprint density at radius 3 is 2.56 bits per heavy atom. The Kier molecular flexibility index (Phi) is 4.68. The summed E-state index contributed by atoms with van der Waals surface area (Å²) in [6.45, 7) is -1.41. The number of alkyl halides is 3. The highest BCUT2D eigenvalue weighted by molar-refractivity contribution is 9.10. The topological polar surface area (TPSA) is 26.3 Å². The van der Waals surface area contributed by atoms with E-state index in [1.54, 1.807) is 0 Å². The minimum atomic E-state index is -2.93. The van der Waals surface area contributed by atoms with E-state index in [-0.39, 0.29) is 17.1 Å². The molecule has 0 aliphatic heterocycles. The number of hydrogen-bond donors (Lipinski definition) is 0. The van der Waals surface area contributed by atoms with Crippen LogP contribution in [0.4, 0.5) is 8.78 Å². The monoisotopic (exact) mass is 312 g/mol. The third-order valence-electron chi connectivity index (χ3n) is 1.74. The van der Waals surface area contributed by atoms with Gasteiger partial charge in [-0.05, 0) is 25.1 Å². The van der Waals surface area contributed by atoms with Gasteiger partial charge < -0.3 is 4.74 Å². The van der Waals surface area contributed by atoms with Crippen molar-refractivity contribution in [3.63, 3.8) is 0 Å². The molecular weight excluding hydrogens is 305 g/mol. The maximum Gasteiger partial charge on any atom is 0.387 e. The number of rotatable bonds is 4. The van der Waals surface area contributed by atoms with Gasteiger partial charge in [0.2, 0.25) is 0 Å². The fourth-order valence-electron chi connectivity index (χ4n) is 1.11. The highest BCUT2D eigenvalue weighted by Gasteiger charge is 2.15. The lowest BCUT2D eigenvalue weighted by Crippen LogP contribution is -2.11. The van der Waals surface area contributed by atoms with Gasteiger partial charge in [-0.2, -0.15) is 8.78 Å². The fourth-order valence-corrected chi connectivity index (χ4v) is 1.70. The molecular formula is C10H8BrClF2O2. The summed E-state index contributed by atoms with van der Waals surface area (Å²) in [6, 6.07) is 4.08. The molecule has 88 valence electrons. The van der Waals surface area contributed by atoms with Crippen LogP contribution in [0.1, 0.15) is 17.3 Å². The van der Waals surface area contributed by atoms with Crippen molar-refractivity contribution in [3.05, 3.63) is 28.2 Å². The molecule has 0 aliphatic rings. The summed E-state index contributed by atoms with van der Waals surface area (Å²) >= 11 is 8.72. The fraction of sp³-hybridized carbons (Fsp3) is 0.300. The Labute approximate surface area is 105 Å². The van der Waals surface area contributed by atoms with Crippen LogP contribution in [0.15, 0.2) is 22.7 Å². The number of carbonyl (C=O) groups excluding carboxylic acids is 1. The SMILES string of the molecule is CC(Cl)C(=O)c1cc(Br)cc(OC(F)F)c1. The molecule has 0 spiro atoms. The van der Waals surface area contributed by atoms with Crippen molar-refractivity contribution in [1.29, 1.82) is 0 Å². The highest BCUT2D eigenvalue weighted by Crippen LogP contribution is 2.24. The maximum absolute atomic E-state index is 12.0. The molecule has 0 amide bonds. The molecule has 0 radical (unpaired) electrons. The van der Waals surface area contributed by atoms with Gasteiger partial charge in [-0.15, -0.1) is 11.6 Å². The predicted molar refractivity (Wildman–Crippen MR) is 60.4 cm³/mol. The van der Waals surface area contributed by atoms with E-state index in [0.717, 1.165) is 0 Å². The van der Waals surface area contributed by atoms with Crippen LogP contribution < -0.4 is 4.74 Å². The normalized spacial score (nSPS) is 12.6. The van der Waals surface area contributed by atoms with Gasteiger partial charge in [0.1, 0.15) is 5.75 Å². The molecule has 1 aromatic carbocycles. The number of carbonyl (C=O) groups is 1. The van der Waals surface area contributed by atoms with E-state index in [0.29, 0.717) is 4.47 Å². The van der Waals surface area contributed by atoms with Crippen molar-refractivity contribution in [2.75, 3.05) is 0 Å². The standard InChI is InChI=1S/C10H8BrClF2O2/c1-5(12)9(15)6-2-7(11)4-8(3-6)16-10(13)14/h2-5,10H,1H3. The van der Waals surface area contributed by atoms with E-state index in [4.69, 9.17) is 11.6 Å². The molecule has 0 bridgehead atoms. The summed E-state index contributed by atoms with van der Waals surface area (Å²) in [4.78, 5) is 11.5. The zero-order valence-electron chi connectivity index (χ0n) is 8.22. The molecule has 2 nitrogen and oxygen atoms in total. The molecule has 0 aliphatic carbocycles. The van der Waals surface area contributed by atoms with Gasteiger partial charge in [0.25, 0.3) is 0 Å². The average Bonchev–Trinajstić information content (AvgIpc) is 2.14. The molecule has 1 aromatic rings. The zero-order valence-corrected chi connectivity index (χ0v) is 10.6. The summed E-state index contributed by atoms with van der Waals surface area (Å²) in [5.41, 5.74) is 0.229. The molecule has 0 N–H and O–H groups in total. The van der Waals surface area contributed by atoms with Gasteiger partial charge in [0, 0.05) is 10.0 Å². The number of hydrogen-bond acceptors (Lipinski definition) is 2. The molecule has 0 fully saturated rings. The van der Waals surface area contributed by atoms with E-state index in [1.165, 1.54) is 25.1 Å². The van der Waals surface area contributed by atoms with E-state index in [1.807, 2.05) is 0 Å². The minimum absolute atomic E-state index is 0.0787. The van der Waals surface area contributed by atoms with Gasteiger partial charge in [-0.1, -0.05) is 15.9 Å². The lowest BCUT2D eigenvalue weighted by atomic mass is 10.1. The third kappa shape index (κ3) is 3.72. The zero-order chi connectivity index (χ0) is 12.3. The van der Waals surface area contributed by atoms with Crippen LogP contribution in [0.3, 0.4) is 0 Å². The first-order valence-electron chi connectivity index (χ1n) is 4.34. The lowest BCUT2D eigenvalue weighted by Gasteiger charge is -2.08. The van der Waals surface area contributed by atoms with Gasteiger partial charge in [0.05, 0.1) is 5.38 Å². The maximum atomic E-state index is 12.0. The van der Waals surface area contributed by atoms with Gasteiger partial charge in [-0.3, -0.25) is 4.79 Å². The highest BCUT2D eigenvalue weighted by atomic mass is 79.9. The first-order valence-corrected chi connectivity index (χ1v) is 5.57. The van der Waals surface area contributed by atoms with Crippen LogP contribution in [0, 0.1) is 0 Å². The summed E-state index contributed by atoms with van der Waals surface area (Å²) in [6.07, 6.45) is 0. The third-order valence-corrected chi connectivity index (χ3v) is 2.40. The van der Waals surface area contributed by atoms with Crippen molar-refractivity contribution in [1.82, 2.24) is 0 Å². The smallest absolute Gasteiger partial charge is 0.387 e. The first-order chi connectivity index (χ1) is 7.40. The van der Waals surface area contributed by atoms with E-state index in [9.17, 15) is 13.6 Å². The van der Waals surface area contributed by atoms with Gasteiger partial charge in [0.15, 0.2) is 5.78 Å². The molecule has 6 heteroatoms. The molecule has 16 heavy (non-hydrogen) atoms. The van der Waals surface area contributed by atoms with Crippen LogP contribution in [0.5, 0.6) is 5.75 Å². The molecule has 0 saturated heterocycles. The quantitative estimate of drug-likeness (QED) is 0.623. The largest absolute Gasteiger partial charge is 0.435 e. The molecule has 0 aromatic heterocycles. The van der Waals surface area contributed by atoms with Crippen LogP contribution in [0.25, 0.3) is 0 Å².